The molecule has 0 atom stereocenters. The normalized spacial score (nSPS) is 11.3. The molecule has 0 unspecified atom stereocenters. The van der Waals surface area contributed by atoms with E-state index >= 15 is 0 Å². The summed E-state index contributed by atoms with van der Waals surface area (Å²) in [6, 6.07) is 5.97. The number of hydrogen-bond acceptors (Lipinski definition) is 4. The Morgan fingerprint density at radius 2 is 1.59 bits per heavy atom. The van der Waals surface area contributed by atoms with Crippen LogP contribution in [0.15, 0.2) is 36.4 Å². The predicted molar refractivity (Wildman–Crippen MR) is 85.6 cm³/mol. The van der Waals surface area contributed by atoms with Crippen molar-refractivity contribution in [2.45, 2.75) is 12.8 Å². The first-order chi connectivity index (χ1) is 12.7. The van der Waals surface area contributed by atoms with Gasteiger partial charge in [0.2, 0.25) is 0 Å². The summed E-state index contributed by atoms with van der Waals surface area (Å²) in [5.41, 5.74) is -1.23. The molecule has 0 bridgehead atoms. The summed E-state index contributed by atoms with van der Waals surface area (Å²) >= 11 is 0. The lowest BCUT2D eigenvalue weighted by atomic mass is 10.1. The fourth-order valence-electron chi connectivity index (χ4n) is 2.18. The molecule has 1 N–H and O–H groups in total. The molecule has 2 aromatic rings. The highest BCUT2D eigenvalue weighted by Crippen LogP contribution is 2.35. The third-order valence-corrected chi connectivity index (χ3v) is 3.42. The predicted octanol–water partition coefficient (Wildman–Crippen LogP) is 4.58. The Morgan fingerprint density at radius 1 is 0.963 bits per heavy atom. The zero-order chi connectivity index (χ0) is 20.2. The van der Waals surface area contributed by atoms with Crippen LogP contribution in [0, 0.1) is 0 Å². The van der Waals surface area contributed by atoms with Crippen LogP contribution in [0.4, 0.5) is 27.6 Å². The van der Waals surface area contributed by atoms with Gasteiger partial charge in [0.05, 0.1) is 25.5 Å². The maximum Gasteiger partial charge on any atom is 0.416 e. The average molecular weight is 391 g/mol. The summed E-state index contributed by atoms with van der Waals surface area (Å²) in [5.74, 6) is -1.21. The molecule has 0 aromatic heterocycles. The molecular weight excluding hydrogens is 377 g/mol. The van der Waals surface area contributed by atoms with E-state index in [1.54, 1.807) is 0 Å². The molecule has 27 heavy (non-hydrogen) atoms. The number of rotatable bonds is 6. The molecule has 5 nitrogen and oxygen atoms in total. The summed E-state index contributed by atoms with van der Waals surface area (Å²) in [5, 5.41) is 2.29. The van der Waals surface area contributed by atoms with Gasteiger partial charge in [0.25, 0.3) is 5.91 Å². The third-order valence-electron chi connectivity index (χ3n) is 3.42. The first kappa shape index (κ1) is 20.3. The number of carbonyl (C=O) groups excluding carboxylic acids is 1. The molecule has 2 aromatic carbocycles. The van der Waals surface area contributed by atoms with E-state index in [1.807, 2.05) is 0 Å². The standard InChI is InChI=1S/C17H14F5NO4/c1-25-12-6-4-10(17(20,21)22)8-11(12)23-15(24)9-3-5-13(27-16(18)19)14(7-9)26-2/h3-8,16H,1-2H3,(H,23,24). The number of anilines is 1. The number of nitrogens with one attached hydrogen (secondary N) is 1. The van der Waals surface area contributed by atoms with Crippen molar-refractivity contribution in [3.63, 3.8) is 0 Å². The van der Waals surface area contributed by atoms with Crippen molar-refractivity contribution in [2.75, 3.05) is 19.5 Å². The van der Waals surface area contributed by atoms with Gasteiger partial charge in [0.15, 0.2) is 11.5 Å². The largest absolute Gasteiger partial charge is 0.495 e. The first-order valence-electron chi connectivity index (χ1n) is 7.35. The summed E-state index contributed by atoms with van der Waals surface area (Å²) in [4.78, 5) is 12.4. The van der Waals surface area contributed by atoms with Crippen molar-refractivity contribution in [3.05, 3.63) is 47.5 Å². The quantitative estimate of drug-likeness (QED) is 0.733. The van der Waals surface area contributed by atoms with E-state index in [1.165, 1.54) is 14.2 Å². The van der Waals surface area contributed by atoms with Gasteiger partial charge in [-0.25, -0.2) is 0 Å². The second-order valence-corrected chi connectivity index (χ2v) is 5.11. The Hall–Kier alpha value is -3.04. The number of benzene rings is 2. The van der Waals surface area contributed by atoms with Crippen LogP contribution in [0.5, 0.6) is 17.2 Å². The van der Waals surface area contributed by atoms with Gasteiger partial charge in [-0.05, 0) is 36.4 Å². The molecule has 0 heterocycles. The number of alkyl halides is 5. The minimum Gasteiger partial charge on any atom is -0.495 e. The number of methoxy groups -OCH3 is 2. The van der Waals surface area contributed by atoms with E-state index < -0.39 is 24.3 Å². The highest BCUT2D eigenvalue weighted by Gasteiger charge is 2.31. The fraction of sp³-hybridized carbons (Fsp3) is 0.235. The Morgan fingerprint density at radius 3 is 2.15 bits per heavy atom. The van der Waals surface area contributed by atoms with Gasteiger partial charge < -0.3 is 19.5 Å². The molecule has 0 saturated carbocycles. The van der Waals surface area contributed by atoms with Crippen LogP contribution < -0.4 is 19.5 Å². The molecule has 1 amide bonds. The number of hydrogen-bond donors (Lipinski definition) is 1. The Bertz CT molecular complexity index is 823. The van der Waals surface area contributed by atoms with Crippen LogP contribution in [0.2, 0.25) is 0 Å². The van der Waals surface area contributed by atoms with Crippen molar-refractivity contribution in [2.24, 2.45) is 0 Å². The number of halogens is 5. The van der Waals surface area contributed by atoms with E-state index in [2.05, 4.69) is 10.1 Å². The lowest BCUT2D eigenvalue weighted by Crippen LogP contribution is -2.14. The molecule has 0 spiro atoms. The van der Waals surface area contributed by atoms with Gasteiger partial charge in [-0.2, -0.15) is 22.0 Å². The number of carbonyl (C=O) groups is 1. The first-order valence-corrected chi connectivity index (χ1v) is 7.35. The van der Waals surface area contributed by atoms with Crippen molar-refractivity contribution >= 4 is 11.6 Å². The molecule has 0 saturated heterocycles. The van der Waals surface area contributed by atoms with E-state index in [0.717, 1.165) is 36.4 Å². The maximum atomic E-state index is 12.9. The van der Waals surface area contributed by atoms with Crippen molar-refractivity contribution in [1.29, 1.82) is 0 Å². The maximum absolute atomic E-state index is 12.9. The molecule has 2 rings (SSSR count). The van der Waals surface area contributed by atoms with Gasteiger partial charge in [-0.3, -0.25) is 4.79 Å². The highest BCUT2D eigenvalue weighted by atomic mass is 19.4. The topological polar surface area (TPSA) is 56.8 Å². The number of amides is 1. The van der Waals surface area contributed by atoms with Crippen LogP contribution in [0.1, 0.15) is 15.9 Å². The van der Waals surface area contributed by atoms with Crippen LogP contribution in [-0.2, 0) is 6.18 Å². The van der Waals surface area contributed by atoms with E-state index in [0.29, 0.717) is 0 Å². The minimum absolute atomic E-state index is 0.0148. The van der Waals surface area contributed by atoms with Gasteiger partial charge in [-0.1, -0.05) is 0 Å². The average Bonchev–Trinajstić information content (AvgIpc) is 2.60. The summed E-state index contributed by atoms with van der Waals surface area (Å²) < 4.78 is 77.3. The second kappa shape index (κ2) is 8.11. The molecule has 0 aliphatic heterocycles. The zero-order valence-corrected chi connectivity index (χ0v) is 14.1. The Balaban J connectivity index is 2.31. The fourth-order valence-corrected chi connectivity index (χ4v) is 2.18. The zero-order valence-electron chi connectivity index (χ0n) is 14.1. The Labute approximate surface area is 150 Å². The summed E-state index contributed by atoms with van der Waals surface area (Å²) in [7, 11) is 2.42. The SMILES string of the molecule is COc1ccc(C(F)(F)F)cc1NC(=O)c1ccc(OC(F)F)c(OC)c1. The molecule has 146 valence electrons. The van der Waals surface area contributed by atoms with Gasteiger partial charge in [0.1, 0.15) is 5.75 Å². The second-order valence-electron chi connectivity index (χ2n) is 5.11. The highest BCUT2D eigenvalue weighted by molar-refractivity contribution is 6.05. The van der Waals surface area contributed by atoms with Crippen LogP contribution in [0.25, 0.3) is 0 Å². The molecule has 0 aliphatic carbocycles. The van der Waals surface area contributed by atoms with Crippen LogP contribution >= 0.6 is 0 Å². The molecule has 0 radical (unpaired) electrons. The van der Waals surface area contributed by atoms with Gasteiger partial charge in [-0.15, -0.1) is 0 Å². The molecule has 10 heteroatoms. The van der Waals surface area contributed by atoms with Crippen molar-refractivity contribution in [3.8, 4) is 17.2 Å². The summed E-state index contributed by atoms with van der Waals surface area (Å²) in [6.07, 6.45) is -4.61. The van der Waals surface area contributed by atoms with Crippen LogP contribution in [0.3, 0.4) is 0 Å². The van der Waals surface area contributed by atoms with Crippen molar-refractivity contribution in [1.82, 2.24) is 0 Å². The summed E-state index contributed by atoms with van der Waals surface area (Å²) in [6.45, 7) is -3.09. The monoisotopic (exact) mass is 391 g/mol. The van der Waals surface area contributed by atoms with Gasteiger partial charge in [0, 0.05) is 5.56 Å². The Kier molecular flexibility index (Phi) is 6.09. The third kappa shape index (κ3) is 4.99. The molecule has 0 aliphatic rings. The minimum atomic E-state index is -4.61. The number of ether oxygens (including phenoxy) is 3. The lowest BCUT2D eigenvalue weighted by molar-refractivity contribution is -0.137. The van der Waals surface area contributed by atoms with Crippen LogP contribution in [-0.4, -0.2) is 26.7 Å². The molecular formula is C17H14F5NO4. The van der Waals surface area contributed by atoms with Crippen molar-refractivity contribution < 1.29 is 41.0 Å². The lowest BCUT2D eigenvalue weighted by Gasteiger charge is -2.14. The van der Waals surface area contributed by atoms with E-state index in [-0.39, 0.29) is 28.5 Å². The van der Waals surface area contributed by atoms with E-state index in [9.17, 15) is 26.7 Å². The van der Waals surface area contributed by atoms with E-state index in [4.69, 9.17) is 9.47 Å². The molecule has 0 fully saturated rings. The smallest absolute Gasteiger partial charge is 0.416 e. The van der Waals surface area contributed by atoms with Gasteiger partial charge >= 0.3 is 12.8 Å².